The van der Waals surface area contributed by atoms with Crippen LogP contribution in [0, 0.1) is 10.8 Å². The van der Waals surface area contributed by atoms with Crippen LogP contribution in [0.2, 0.25) is 0 Å². The van der Waals surface area contributed by atoms with Crippen molar-refractivity contribution in [3.63, 3.8) is 0 Å². The van der Waals surface area contributed by atoms with Crippen molar-refractivity contribution in [2.75, 3.05) is 166 Å². The van der Waals surface area contributed by atoms with E-state index < -0.39 is 95.5 Å². The summed E-state index contributed by atoms with van der Waals surface area (Å²) in [4.78, 5) is 4.71. The van der Waals surface area contributed by atoms with Crippen molar-refractivity contribution in [1.82, 2.24) is 37.4 Å². The third kappa shape index (κ3) is 13.4. The van der Waals surface area contributed by atoms with E-state index in [1.165, 1.54) is 0 Å². The Morgan fingerprint density at radius 2 is 0.595 bits per heavy atom. The number of halogens is 8. The van der Waals surface area contributed by atoms with Gasteiger partial charge in [-0.1, -0.05) is 20.3 Å². The summed E-state index contributed by atoms with van der Waals surface area (Å²) in [7, 11) is 13.4. The van der Waals surface area contributed by atoms with Crippen molar-refractivity contribution in [2.45, 2.75) is 0 Å². The molecule has 0 amide bonds. The molecule has 48 heteroatoms. The zero-order valence-corrected chi connectivity index (χ0v) is 60.0. The second kappa shape index (κ2) is 23.0. The van der Waals surface area contributed by atoms with Crippen molar-refractivity contribution in [2.24, 2.45) is 60.5 Å². The van der Waals surface area contributed by atoms with Crippen LogP contribution in [0.3, 0.4) is 0 Å². The molecule has 8 aliphatic rings. The van der Waals surface area contributed by atoms with Gasteiger partial charge in [0.1, 0.15) is 0 Å². The van der Waals surface area contributed by atoms with Gasteiger partial charge < -0.3 is 41.0 Å². The molecule has 4 fully saturated rings. The molecular weight excluding hydrogens is 1380 g/mol. The maximum absolute atomic E-state index is 6.86. The molecule has 0 aromatic rings. The number of nitrogens with zero attached hydrogens (tertiary/aromatic N) is 20. The topological polar surface area (TPSA) is 250 Å². The lowest BCUT2D eigenvalue weighted by molar-refractivity contribution is -0.0576. The maximum atomic E-state index is 6.86. The van der Waals surface area contributed by atoms with E-state index in [0.717, 1.165) is 0 Å². The van der Waals surface area contributed by atoms with E-state index in [1.807, 2.05) is 0 Å². The molecule has 8 rings (SSSR count). The number of hydrogen-bond acceptors (Lipinski definition) is 27. The van der Waals surface area contributed by atoms with Gasteiger partial charge in [-0.05, 0) is 166 Å². The molecule has 0 N–H and O–H groups in total. The molecule has 0 saturated carbocycles. The quantitative estimate of drug-likeness (QED) is 0.205. The Labute approximate surface area is 475 Å². The number of rotatable bonds is 8. The van der Waals surface area contributed by atoms with Gasteiger partial charge in [0.15, 0.2) is 18.9 Å². The van der Waals surface area contributed by atoms with Gasteiger partial charge in [0.2, 0.25) is 40.3 Å². The smallest absolute Gasteiger partial charge is 0.421 e. The maximum Gasteiger partial charge on any atom is 0.421 e. The van der Waals surface area contributed by atoms with Crippen LogP contribution in [0.1, 0.15) is 0 Å². The highest BCUT2D eigenvalue weighted by Crippen LogP contribution is 2.93. The first-order valence-electron chi connectivity index (χ1n) is 21.5. The van der Waals surface area contributed by atoms with Crippen molar-refractivity contribution in [3.05, 3.63) is 4.86 Å². The molecule has 74 heavy (non-hydrogen) atoms. The second-order valence-electron chi connectivity index (χ2n) is 19.0. The summed E-state index contributed by atoms with van der Waals surface area (Å²) in [5, 5.41) is 0. The second-order valence-corrected chi connectivity index (χ2v) is 58.7. The van der Waals surface area contributed by atoms with E-state index >= 15 is 0 Å². The fourth-order valence-electron chi connectivity index (χ4n) is 6.05. The zero-order valence-electron chi connectivity index (χ0n) is 43.3. The summed E-state index contributed by atoms with van der Waals surface area (Å²) in [6.45, 7) is -18.4. The van der Waals surface area contributed by atoms with Gasteiger partial charge in [0.05, 0.1) is 70.4 Å². The normalized spacial score (nSPS) is 48.1. The highest BCUT2D eigenvalue weighted by molar-refractivity contribution is 8.10. The molecule has 0 bridgehead atoms. The minimum atomic E-state index is -3.14. The molecule has 8 aliphatic heterocycles. The van der Waals surface area contributed by atoms with Gasteiger partial charge in [0, 0.05) is 14.1 Å². The Morgan fingerprint density at radius 1 is 0.351 bits per heavy atom. The Hall–Kier alpha value is 4.60. The average molecular weight is 1440 g/mol. The van der Waals surface area contributed by atoms with E-state index in [4.69, 9.17) is 163 Å². The SMILES string of the molecule is CN(C)[P@@]1(Cl)=NP2(=N[P@](Cl)(N(C)C)=N1)OCC1(CO2)COP2(=N[P+](Cl)(N(C)C)N=[P@](Cl)(N(C)C)[N-]2)OC1.CN(C)[P@@]1(Cl)=NP2(=N[P@](Cl)(N(C)C)=N1)OCC1(CO2)COP2(=N[P@@](Cl)(N(C)C)=N[P@](Cl)(N(C)C)=N2)OC1. The molecule has 0 radical (unpaired) electrons. The Balaban J connectivity index is 0.000000216. The van der Waals surface area contributed by atoms with Crippen molar-refractivity contribution in [1.29, 1.82) is 0 Å². The van der Waals surface area contributed by atoms with Crippen LogP contribution in [-0.2, 0) is 36.2 Å². The molecule has 0 aromatic heterocycles. The van der Waals surface area contributed by atoms with Crippen LogP contribution >= 0.6 is 175 Å². The standard InChI is InChI=1S/2C13H32Cl4N10O4P6/c2*1-24(2)32(14)18-33(15,25(3)4)21-36(20-32)28-9-13(10-29-36)11-30-37(31-12-13)22-34(16,26(5)6)19-35(17,23-37)27(7)8/h2*9-12H2,1-8H3/t32-,33-,34+,35?;32-,33-,34+,35+/m1./s1. The molecular formula is C26H64Cl8N20O8P12. The van der Waals surface area contributed by atoms with Crippen LogP contribution in [-0.4, -0.2) is 203 Å². The first-order chi connectivity index (χ1) is 33.7. The molecule has 4 saturated heterocycles. The monoisotopic (exact) mass is 1440 g/mol. The highest BCUT2D eigenvalue weighted by Gasteiger charge is 2.55. The van der Waals surface area contributed by atoms with Gasteiger partial charge in [-0.2, -0.15) is 40.6 Å². The van der Waals surface area contributed by atoms with Gasteiger partial charge in [-0.15, -0.1) is 4.67 Å². The predicted molar refractivity (Wildman–Crippen MR) is 322 cm³/mol. The summed E-state index contributed by atoms with van der Waals surface area (Å²) >= 11 is 54.9. The minimum Gasteiger partial charge on any atom is -0.502 e. The van der Waals surface area contributed by atoms with Crippen molar-refractivity contribution in [3.8, 4) is 0 Å². The zero-order chi connectivity index (χ0) is 55.4. The summed E-state index contributed by atoms with van der Waals surface area (Å²) in [6, 6.07) is 0. The lowest BCUT2D eigenvalue weighted by Gasteiger charge is -2.52. The van der Waals surface area contributed by atoms with Gasteiger partial charge in [-0.3, -0.25) is 4.67 Å². The van der Waals surface area contributed by atoms with E-state index in [9.17, 15) is 0 Å². The Kier molecular flexibility index (Phi) is 20.6. The summed E-state index contributed by atoms with van der Waals surface area (Å²) in [5.41, 5.74) is -1.27. The summed E-state index contributed by atoms with van der Waals surface area (Å²) < 4.78 is 116. The Morgan fingerprint density at radius 3 is 0.824 bits per heavy atom. The van der Waals surface area contributed by atoms with Crippen molar-refractivity contribution >= 4 is 175 Å². The van der Waals surface area contributed by atoms with Crippen LogP contribution in [0.15, 0.2) is 49.7 Å². The van der Waals surface area contributed by atoms with Crippen LogP contribution in [0.4, 0.5) is 0 Å². The molecule has 28 nitrogen and oxygen atoms in total. The van der Waals surface area contributed by atoms with Gasteiger partial charge in [-0.25, -0.2) is 28.0 Å². The molecule has 8 heterocycles. The molecule has 6 spiro atoms. The van der Waals surface area contributed by atoms with E-state index in [2.05, 4.69) is 18.1 Å². The third-order valence-electron chi connectivity index (χ3n) is 11.1. The van der Waals surface area contributed by atoms with Crippen LogP contribution in [0.5, 0.6) is 0 Å². The summed E-state index contributed by atoms with van der Waals surface area (Å²) in [6.07, 6.45) is 0. The molecule has 0 aliphatic carbocycles. The first kappa shape index (κ1) is 66.1. The third-order valence-corrected chi connectivity index (χ3v) is 61.8. The van der Waals surface area contributed by atoms with E-state index in [1.54, 1.807) is 150 Å². The van der Waals surface area contributed by atoms with Crippen LogP contribution < -0.4 is 0 Å². The molecule has 1 unspecified atom stereocenters. The largest absolute Gasteiger partial charge is 0.502 e. The molecule has 0 aromatic carbocycles. The highest BCUT2D eigenvalue weighted by atomic mass is 35.7. The molecule has 8 atom stereocenters. The number of hydrogen-bond donors (Lipinski definition) is 0. The predicted octanol–water partition coefficient (Wildman–Crippen LogP) is 18.0. The fourth-order valence-corrected chi connectivity index (χ4v) is 57.0. The summed E-state index contributed by atoms with van der Waals surface area (Å²) in [5.74, 6) is 0. The lowest BCUT2D eigenvalue weighted by atomic mass is 9.93. The average Bonchev–Trinajstić information content (AvgIpc) is 3.27. The van der Waals surface area contributed by atoms with Gasteiger partial charge in [0.25, 0.3) is 0 Å². The van der Waals surface area contributed by atoms with E-state index in [-0.39, 0.29) is 52.9 Å². The van der Waals surface area contributed by atoms with Crippen LogP contribution in [0.25, 0.3) is 4.86 Å². The van der Waals surface area contributed by atoms with Crippen molar-refractivity contribution < 1.29 is 36.2 Å². The van der Waals surface area contributed by atoms with E-state index in [0.29, 0.717) is 0 Å². The lowest BCUT2D eigenvalue weighted by Crippen LogP contribution is -2.45. The minimum absolute atomic E-state index is 0.205. The molecule has 432 valence electrons. The first-order valence-corrected chi connectivity index (χ1v) is 48.0. The van der Waals surface area contributed by atoms with Gasteiger partial charge >= 0.3 is 30.0 Å². The fraction of sp³-hybridized carbons (Fsp3) is 1.00. The Bertz CT molecular complexity index is 2750.